The second-order valence-corrected chi connectivity index (χ2v) is 7.76. The molecule has 3 aromatic rings. The second kappa shape index (κ2) is 7.12. The minimum Gasteiger partial charge on any atom is -0.480 e. The molecule has 0 radical (unpaired) electrons. The van der Waals surface area contributed by atoms with Gasteiger partial charge in [-0.25, -0.2) is 4.39 Å². The van der Waals surface area contributed by atoms with E-state index >= 15 is 0 Å². The third kappa shape index (κ3) is 3.13. The van der Waals surface area contributed by atoms with Gasteiger partial charge in [0.15, 0.2) is 0 Å². The van der Waals surface area contributed by atoms with Crippen LogP contribution in [0, 0.1) is 12.7 Å². The van der Waals surface area contributed by atoms with Crippen LogP contribution in [0.5, 0.6) is 0 Å². The SMILES string of the molecule is Cc1c(-c2ccc(CC(N)C(=O)O)c3c2CCC3)c(=O)n(C)c2ccc(F)cc12. The van der Waals surface area contributed by atoms with E-state index in [2.05, 4.69) is 0 Å². The van der Waals surface area contributed by atoms with Crippen LogP contribution in [0.15, 0.2) is 35.1 Å². The molecule has 1 aliphatic rings. The van der Waals surface area contributed by atoms with Crippen molar-refractivity contribution >= 4 is 16.9 Å². The number of rotatable bonds is 4. The minimum atomic E-state index is -1.03. The molecule has 1 heterocycles. The van der Waals surface area contributed by atoms with Crippen molar-refractivity contribution in [3.63, 3.8) is 0 Å². The van der Waals surface area contributed by atoms with E-state index in [0.717, 1.165) is 47.1 Å². The van der Waals surface area contributed by atoms with Crippen molar-refractivity contribution in [2.24, 2.45) is 12.8 Å². The maximum atomic E-state index is 13.9. The van der Waals surface area contributed by atoms with E-state index < -0.39 is 12.0 Å². The Bertz CT molecular complexity index is 1210. The molecular weight excluding hydrogens is 371 g/mol. The summed E-state index contributed by atoms with van der Waals surface area (Å²) < 4.78 is 15.5. The van der Waals surface area contributed by atoms with Crippen molar-refractivity contribution in [2.75, 3.05) is 0 Å². The predicted octanol–water partition coefficient (Wildman–Crippen LogP) is 3.10. The number of aliphatic carboxylic acids is 1. The van der Waals surface area contributed by atoms with Crippen LogP contribution in [0.4, 0.5) is 4.39 Å². The van der Waals surface area contributed by atoms with Gasteiger partial charge in [0.2, 0.25) is 0 Å². The van der Waals surface area contributed by atoms with Crippen LogP contribution in [0.2, 0.25) is 0 Å². The molecule has 6 heteroatoms. The summed E-state index contributed by atoms with van der Waals surface area (Å²) in [5.74, 6) is -1.37. The van der Waals surface area contributed by atoms with Crippen LogP contribution in [0.1, 0.15) is 28.7 Å². The summed E-state index contributed by atoms with van der Waals surface area (Å²) in [6, 6.07) is 7.28. The quantitative estimate of drug-likeness (QED) is 0.712. The van der Waals surface area contributed by atoms with Crippen LogP contribution >= 0.6 is 0 Å². The van der Waals surface area contributed by atoms with E-state index in [9.17, 15) is 14.0 Å². The summed E-state index contributed by atoms with van der Waals surface area (Å²) in [4.78, 5) is 24.4. The average molecular weight is 394 g/mol. The normalized spacial score (nSPS) is 14.2. The number of pyridine rings is 1. The predicted molar refractivity (Wildman–Crippen MR) is 111 cm³/mol. The number of fused-ring (bicyclic) bond motifs is 2. The first kappa shape index (κ1) is 19.3. The molecule has 0 saturated carbocycles. The molecule has 1 aliphatic carbocycles. The van der Waals surface area contributed by atoms with E-state index in [4.69, 9.17) is 10.8 Å². The monoisotopic (exact) mass is 394 g/mol. The number of hydrogen-bond acceptors (Lipinski definition) is 3. The van der Waals surface area contributed by atoms with Crippen molar-refractivity contribution < 1.29 is 14.3 Å². The molecular formula is C23H23FN2O3. The van der Waals surface area contributed by atoms with Crippen LogP contribution in [0.25, 0.3) is 22.0 Å². The molecule has 3 N–H and O–H groups in total. The van der Waals surface area contributed by atoms with Crippen molar-refractivity contribution in [1.82, 2.24) is 4.57 Å². The lowest BCUT2D eigenvalue weighted by Gasteiger charge is -2.18. The number of aromatic nitrogens is 1. The molecule has 29 heavy (non-hydrogen) atoms. The Hall–Kier alpha value is -2.99. The highest BCUT2D eigenvalue weighted by Gasteiger charge is 2.25. The summed E-state index contributed by atoms with van der Waals surface area (Å²) in [6.07, 6.45) is 2.87. The molecule has 0 saturated heterocycles. The van der Waals surface area contributed by atoms with Crippen molar-refractivity contribution in [3.05, 3.63) is 68.8 Å². The lowest BCUT2D eigenvalue weighted by atomic mass is 9.89. The maximum absolute atomic E-state index is 13.9. The first-order chi connectivity index (χ1) is 13.8. The van der Waals surface area contributed by atoms with Gasteiger partial charge in [-0.1, -0.05) is 12.1 Å². The van der Waals surface area contributed by atoms with Gasteiger partial charge in [0.05, 0.1) is 11.1 Å². The zero-order valence-corrected chi connectivity index (χ0v) is 16.5. The molecule has 1 aromatic heterocycles. The maximum Gasteiger partial charge on any atom is 0.320 e. The first-order valence-corrected chi connectivity index (χ1v) is 9.70. The van der Waals surface area contributed by atoms with E-state index in [1.54, 1.807) is 17.7 Å². The molecule has 0 amide bonds. The summed E-state index contributed by atoms with van der Waals surface area (Å²) >= 11 is 0. The van der Waals surface area contributed by atoms with E-state index in [1.165, 1.54) is 12.1 Å². The van der Waals surface area contributed by atoms with E-state index in [1.807, 2.05) is 19.1 Å². The standard InChI is InChI=1S/C23H23FN2O3/c1-12-18-11-14(24)7-9-20(18)26(2)22(27)21(12)17-8-6-13(10-19(25)23(28)29)15-4-3-5-16(15)17/h6-9,11,19H,3-5,10,25H2,1-2H3,(H,28,29). The van der Waals surface area contributed by atoms with Crippen molar-refractivity contribution in [3.8, 4) is 11.1 Å². The third-order valence-electron chi connectivity index (χ3n) is 6.03. The van der Waals surface area contributed by atoms with Gasteiger partial charge in [0, 0.05) is 12.4 Å². The summed E-state index contributed by atoms with van der Waals surface area (Å²) in [6.45, 7) is 1.86. The number of aryl methyl sites for hydroxylation is 2. The number of halogens is 1. The van der Waals surface area contributed by atoms with Gasteiger partial charge in [-0.05, 0) is 78.6 Å². The average Bonchev–Trinajstić information content (AvgIpc) is 3.18. The zero-order chi connectivity index (χ0) is 20.9. The molecule has 2 aromatic carbocycles. The molecule has 0 aliphatic heterocycles. The van der Waals surface area contributed by atoms with Gasteiger partial charge in [-0.2, -0.15) is 0 Å². The summed E-state index contributed by atoms with van der Waals surface area (Å²) in [5, 5.41) is 9.86. The fourth-order valence-electron chi connectivity index (χ4n) is 4.52. The smallest absolute Gasteiger partial charge is 0.320 e. The molecule has 4 rings (SSSR count). The van der Waals surface area contributed by atoms with Gasteiger partial charge in [-0.15, -0.1) is 0 Å². The Morgan fingerprint density at radius 2 is 1.97 bits per heavy atom. The zero-order valence-electron chi connectivity index (χ0n) is 16.5. The molecule has 0 bridgehead atoms. The van der Waals surface area contributed by atoms with Gasteiger partial charge >= 0.3 is 5.97 Å². The van der Waals surface area contributed by atoms with Crippen LogP contribution in [0.3, 0.4) is 0 Å². The first-order valence-electron chi connectivity index (χ1n) is 9.70. The van der Waals surface area contributed by atoms with E-state index in [0.29, 0.717) is 16.5 Å². The van der Waals surface area contributed by atoms with Crippen molar-refractivity contribution in [2.45, 2.75) is 38.6 Å². The van der Waals surface area contributed by atoms with Gasteiger partial charge in [0.1, 0.15) is 11.9 Å². The number of nitrogens with two attached hydrogens (primary N) is 1. The van der Waals surface area contributed by atoms with Crippen molar-refractivity contribution in [1.29, 1.82) is 0 Å². The number of nitrogens with zero attached hydrogens (tertiary/aromatic N) is 1. The minimum absolute atomic E-state index is 0.120. The molecule has 1 unspecified atom stereocenters. The summed E-state index contributed by atoms with van der Waals surface area (Å²) in [7, 11) is 1.70. The fourth-order valence-corrected chi connectivity index (χ4v) is 4.52. The molecule has 150 valence electrons. The Morgan fingerprint density at radius 1 is 1.24 bits per heavy atom. The molecule has 0 fully saturated rings. The number of hydrogen-bond donors (Lipinski definition) is 2. The topological polar surface area (TPSA) is 85.3 Å². The Morgan fingerprint density at radius 3 is 2.69 bits per heavy atom. The van der Waals surface area contributed by atoms with Gasteiger partial charge in [0.25, 0.3) is 5.56 Å². The molecule has 0 spiro atoms. The van der Waals surface area contributed by atoms with Crippen LogP contribution < -0.4 is 11.3 Å². The molecule has 5 nitrogen and oxygen atoms in total. The lowest BCUT2D eigenvalue weighted by Crippen LogP contribution is -2.32. The van der Waals surface area contributed by atoms with E-state index in [-0.39, 0.29) is 17.8 Å². The van der Waals surface area contributed by atoms with Gasteiger partial charge < -0.3 is 15.4 Å². The Balaban J connectivity index is 1.95. The lowest BCUT2D eigenvalue weighted by molar-refractivity contribution is -0.138. The fraction of sp³-hybridized carbons (Fsp3) is 0.304. The number of benzene rings is 2. The van der Waals surface area contributed by atoms with Gasteiger partial charge in [-0.3, -0.25) is 9.59 Å². The third-order valence-corrected chi connectivity index (χ3v) is 6.03. The highest BCUT2D eigenvalue weighted by molar-refractivity contribution is 5.89. The Labute approximate surface area is 167 Å². The highest BCUT2D eigenvalue weighted by atomic mass is 19.1. The van der Waals surface area contributed by atoms with Crippen LogP contribution in [-0.2, 0) is 31.1 Å². The summed E-state index contributed by atoms with van der Waals surface area (Å²) in [5.41, 5.74) is 11.6. The largest absolute Gasteiger partial charge is 0.480 e. The number of carboxylic acid groups (broad SMARTS) is 1. The van der Waals surface area contributed by atoms with Crippen LogP contribution in [-0.4, -0.2) is 21.7 Å². The highest BCUT2D eigenvalue weighted by Crippen LogP contribution is 2.36. The second-order valence-electron chi connectivity index (χ2n) is 7.76. The number of carboxylic acids is 1. The molecule has 1 atom stereocenters. The Kier molecular flexibility index (Phi) is 4.74. The number of carbonyl (C=O) groups is 1.